The molecule has 1 fully saturated rings. The summed E-state index contributed by atoms with van der Waals surface area (Å²) >= 11 is 0. The maximum Gasteiger partial charge on any atom is 0.389 e. The van der Waals surface area contributed by atoms with Crippen molar-refractivity contribution in [3.8, 4) is 5.75 Å². The number of amides is 2. The molecule has 0 bridgehead atoms. The average molecular weight is 556 g/mol. The molecule has 0 spiro atoms. The number of aliphatic imine (C=N–C) groups is 1. The largest absolute Gasteiger partial charge is 0.491 e. The highest BCUT2D eigenvalue weighted by molar-refractivity contribution is 6.21. The number of nitrogens with zero attached hydrogens (tertiary/aromatic N) is 2. The highest BCUT2D eigenvalue weighted by atomic mass is 19.4. The molecule has 2 aromatic carbocycles. The van der Waals surface area contributed by atoms with Crippen LogP contribution in [0.5, 0.6) is 5.75 Å². The zero-order chi connectivity index (χ0) is 28.4. The van der Waals surface area contributed by atoms with Crippen LogP contribution in [0, 0.1) is 17.8 Å². The van der Waals surface area contributed by atoms with E-state index in [-0.39, 0.29) is 11.7 Å². The number of carbonyl (C=O) groups is 3. The number of benzene rings is 2. The first-order chi connectivity index (χ1) is 19.1. The molecule has 2 aliphatic heterocycles. The molecule has 1 saturated carbocycles. The molecule has 3 atom stereocenters. The Hall–Kier alpha value is -3.69. The van der Waals surface area contributed by atoms with Crippen LogP contribution in [0.4, 0.5) is 18.9 Å². The Balaban J connectivity index is 1.53. The molecule has 0 aromatic heterocycles. The predicted octanol–water partition coefficient (Wildman–Crippen LogP) is 5.06. The van der Waals surface area contributed by atoms with Gasteiger partial charge in [0.15, 0.2) is 0 Å². The Morgan fingerprint density at radius 2 is 1.85 bits per heavy atom. The maximum absolute atomic E-state index is 13.9. The summed E-state index contributed by atoms with van der Waals surface area (Å²) in [4.78, 5) is 46.4. The van der Waals surface area contributed by atoms with Crippen molar-refractivity contribution in [2.75, 3.05) is 18.1 Å². The average Bonchev–Trinajstić information content (AvgIpc) is 3.76. The van der Waals surface area contributed by atoms with Gasteiger partial charge >= 0.3 is 6.18 Å². The van der Waals surface area contributed by atoms with Gasteiger partial charge in [-0.05, 0) is 38.2 Å². The van der Waals surface area contributed by atoms with Crippen LogP contribution < -0.4 is 15.0 Å². The minimum Gasteiger partial charge on any atom is -0.491 e. The van der Waals surface area contributed by atoms with Crippen molar-refractivity contribution in [1.82, 2.24) is 5.32 Å². The second-order valence-electron chi connectivity index (χ2n) is 10.8. The van der Waals surface area contributed by atoms with Gasteiger partial charge in [-0.2, -0.15) is 13.2 Å². The number of para-hydroxylation sites is 1. The molecule has 2 heterocycles. The van der Waals surface area contributed by atoms with Crippen LogP contribution in [-0.2, 0) is 14.4 Å². The zero-order valence-electron chi connectivity index (χ0n) is 22.2. The molecule has 212 valence electrons. The van der Waals surface area contributed by atoms with E-state index in [2.05, 4.69) is 5.32 Å². The van der Waals surface area contributed by atoms with Gasteiger partial charge in [-0.25, -0.2) is 4.99 Å². The van der Waals surface area contributed by atoms with Gasteiger partial charge in [0, 0.05) is 35.9 Å². The maximum atomic E-state index is 13.9. The Morgan fingerprint density at radius 1 is 1.10 bits per heavy atom. The molecular formula is C30H32F3N3O4. The van der Waals surface area contributed by atoms with E-state index in [1.165, 1.54) is 6.92 Å². The van der Waals surface area contributed by atoms with Crippen LogP contribution >= 0.6 is 0 Å². The smallest absolute Gasteiger partial charge is 0.389 e. The minimum atomic E-state index is -4.49. The van der Waals surface area contributed by atoms with E-state index in [1.807, 2.05) is 42.5 Å². The molecule has 2 amide bonds. The number of alkyl halides is 3. The quantitative estimate of drug-likeness (QED) is 0.469. The lowest BCUT2D eigenvalue weighted by Gasteiger charge is -2.28. The molecule has 0 saturated heterocycles. The summed E-state index contributed by atoms with van der Waals surface area (Å²) in [6.45, 7) is 2.04. The van der Waals surface area contributed by atoms with Crippen molar-refractivity contribution in [2.45, 2.75) is 57.8 Å². The number of Topliss-reactive ketones (excluding diaryl/α,β-unsaturated/α-hetero) is 1. The Kier molecular flexibility index (Phi) is 7.96. The summed E-state index contributed by atoms with van der Waals surface area (Å²) in [6.07, 6.45) is -4.92. The van der Waals surface area contributed by atoms with Gasteiger partial charge in [-0.1, -0.05) is 55.3 Å². The molecule has 0 radical (unpaired) electrons. The number of nitrogens with one attached hydrogen (secondary N) is 1. The van der Waals surface area contributed by atoms with Crippen LogP contribution in [0.3, 0.4) is 0 Å². The Bertz CT molecular complexity index is 1310. The van der Waals surface area contributed by atoms with Gasteiger partial charge in [0.05, 0.1) is 18.0 Å². The molecule has 2 aromatic rings. The number of hydrogen-bond acceptors (Lipinski definition) is 5. The van der Waals surface area contributed by atoms with Crippen molar-refractivity contribution in [2.24, 2.45) is 22.7 Å². The topological polar surface area (TPSA) is 88.1 Å². The number of hydrogen-bond donors (Lipinski definition) is 1. The van der Waals surface area contributed by atoms with E-state index >= 15 is 0 Å². The van der Waals surface area contributed by atoms with Gasteiger partial charge in [-0.3, -0.25) is 14.4 Å². The van der Waals surface area contributed by atoms with E-state index in [4.69, 9.17) is 9.73 Å². The van der Waals surface area contributed by atoms with Crippen molar-refractivity contribution in [3.05, 3.63) is 59.7 Å². The number of rotatable bonds is 9. The van der Waals surface area contributed by atoms with Crippen molar-refractivity contribution in [1.29, 1.82) is 0 Å². The number of ether oxygens (including phenoxy) is 1. The number of halogens is 3. The van der Waals surface area contributed by atoms with Crippen molar-refractivity contribution >= 4 is 29.0 Å². The summed E-state index contributed by atoms with van der Waals surface area (Å²) in [7, 11) is 0. The summed E-state index contributed by atoms with van der Waals surface area (Å²) in [5.74, 6) is -2.94. The lowest BCUT2D eigenvalue weighted by molar-refractivity contribution is -0.146. The molecular weight excluding hydrogens is 523 g/mol. The molecule has 7 nitrogen and oxygen atoms in total. The molecule has 1 aliphatic carbocycles. The molecule has 5 rings (SSSR count). The molecule has 40 heavy (non-hydrogen) atoms. The highest BCUT2D eigenvalue weighted by Crippen LogP contribution is 2.41. The SMILES string of the molecule is CC(=O)[C@@H](CC1CC1)[C@@H](CCC(F)(F)F)C(=O)N[C@H]1N=C(c2ccccc2)c2cccc3c2N(CCCO3)C1=O. The third kappa shape index (κ3) is 6.21. The van der Waals surface area contributed by atoms with Gasteiger partial charge in [0.2, 0.25) is 12.1 Å². The minimum absolute atomic E-state index is 0.224. The van der Waals surface area contributed by atoms with Crippen molar-refractivity contribution < 1.29 is 32.3 Å². The molecule has 10 heteroatoms. The second kappa shape index (κ2) is 11.4. The van der Waals surface area contributed by atoms with Gasteiger partial charge in [-0.15, -0.1) is 0 Å². The van der Waals surface area contributed by atoms with Crippen LogP contribution in [0.25, 0.3) is 0 Å². The van der Waals surface area contributed by atoms with Crippen molar-refractivity contribution in [3.63, 3.8) is 0 Å². The van der Waals surface area contributed by atoms with E-state index in [1.54, 1.807) is 11.0 Å². The van der Waals surface area contributed by atoms with Crippen LogP contribution in [-0.4, -0.2) is 48.8 Å². The van der Waals surface area contributed by atoms with E-state index in [0.29, 0.717) is 54.3 Å². The van der Waals surface area contributed by atoms with E-state index in [0.717, 1.165) is 12.8 Å². The zero-order valence-corrected chi connectivity index (χ0v) is 22.2. The van der Waals surface area contributed by atoms with E-state index in [9.17, 15) is 27.6 Å². The summed E-state index contributed by atoms with van der Waals surface area (Å²) < 4.78 is 45.7. The van der Waals surface area contributed by atoms with E-state index < -0.39 is 48.8 Å². The Morgan fingerprint density at radius 3 is 2.52 bits per heavy atom. The first-order valence-electron chi connectivity index (χ1n) is 13.7. The van der Waals surface area contributed by atoms with Crippen LogP contribution in [0.2, 0.25) is 0 Å². The summed E-state index contributed by atoms with van der Waals surface area (Å²) in [5.41, 5.74) is 2.36. The first kappa shape index (κ1) is 27.9. The predicted molar refractivity (Wildman–Crippen MR) is 143 cm³/mol. The first-order valence-corrected chi connectivity index (χ1v) is 13.7. The fraction of sp³-hybridized carbons (Fsp3) is 0.467. The lowest BCUT2D eigenvalue weighted by Crippen LogP contribution is -2.50. The van der Waals surface area contributed by atoms with Crippen LogP contribution in [0.15, 0.2) is 53.5 Å². The normalized spacial score (nSPS) is 20.3. The monoisotopic (exact) mass is 555 g/mol. The number of ketones is 1. The molecule has 3 aliphatic rings. The second-order valence-corrected chi connectivity index (χ2v) is 10.8. The number of anilines is 1. The summed E-state index contributed by atoms with van der Waals surface area (Å²) in [6, 6.07) is 14.6. The Labute approximate surface area is 230 Å². The van der Waals surface area contributed by atoms with Gasteiger partial charge in [0.1, 0.15) is 11.5 Å². The van der Waals surface area contributed by atoms with Gasteiger partial charge < -0.3 is 15.0 Å². The van der Waals surface area contributed by atoms with Crippen LogP contribution in [0.1, 0.15) is 56.6 Å². The third-order valence-electron chi connectivity index (χ3n) is 7.76. The summed E-state index contributed by atoms with van der Waals surface area (Å²) in [5, 5.41) is 2.66. The standard InChI is InChI=1S/C30H32F3N3O4/c1-18(37)23(17-19-11-12-19)21(13-14-30(31,32)33)28(38)35-27-29(39)36-15-6-16-40-24-10-5-9-22(26(24)36)25(34-27)20-7-3-2-4-8-20/h2-5,7-10,19,21,23,27H,6,11-17H2,1H3,(H,35,38)/t21-,23-,27-/m1/s1. The lowest BCUT2D eigenvalue weighted by atomic mass is 9.81. The fourth-order valence-corrected chi connectivity index (χ4v) is 5.57. The third-order valence-corrected chi connectivity index (χ3v) is 7.76. The van der Waals surface area contributed by atoms with Gasteiger partial charge in [0.25, 0.3) is 5.91 Å². The number of carbonyl (C=O) groups excluding carboxylic acids is 3. The molecule has 1 N–H and O–H groups in total. The fourth-order valence-electron chi connectivity index (χ4n) is 5.57. The molecule has 0 unspecified atom stereocenters. The highest BCUT2D eigenvalue weighted by Gasteiger charge is 2.42.